The highest BCUT2D eigenvalue weighted by Gasteiger charge is 2.12. The van der Waals surface area contributed by atoms with Gasteiger partial charge in [0.25, 0.3) is 0 Å². The number of halogens is 1. The second kappa shape index (κ2) is 5.16. The number of ether oxygens (including phenoxy) is 1. The third-order valence-corrected chi connectivity index (χ3v) is 3.48. The summed E-state index contributed by atoms with van der Waals surface area (Å²) in [6.45, 7) is 4.19. The molecule has 1 aromatic carbocycles. The lowest BCUT2D eigenvalue weighted by Gasteiger charge is -2.03. The van der Waals surface area contributed by atoms with Crippen LogP contribution in [0.15, 0.2) is 30.3 Å². The topological polar surface area (TPSA) is 50.8 Å². The number of nitrogens with zero attached hydrogens (tertiary/aromatic N) is 2. The number of aromatic nitrogens is 3. The largest absolute Gasteiger partial charge is 0.480 e. The van der Waals surface area contributed by atoms with Crippen molar-refractivity contribution in [1.82, 2.24) is 15.2 Å². The molecule has 0 unspecified atom stereocenters. The van der Waals surface area contributed by atoms with Gasteiger partial charge in [0.15, 0.2) is 0 Å². The third kappa shape index (κ3) is 2.46. The van der Waals surface area contributed by atoms with E-state index in [0.29, 0.717) is 23.1 Å². The fourth-order valence-electron chi connectivity index (χ4n) is 2.26. The fraction of sp³-hybridized carbons (Fsp3) is 0.250. The zero-order valence-corrected chi connectivity index (χ0v) is 12.1. The van der Waals surface area contributed by atoms with Gasteiger partial charge in [0.05, 0.1) is 12.8 Å². The molecule has 0 radical (unpaired) electrons. The van der Waals surface area contributed by atoms with E-state index in [2.05, 4.69) is 29.0 Å². The Balaban J connectivity index is 2.10. The normalized spacial score (nSPS) is 11.3. The highest BCUT2D eigenvalue weighted by Crippen LogP contribution is 2.28. The van der Waals surface area contributed by atoms with E-state index >= 15 is 0 Å². The number of H-pyrrole nitrogens is 1. The summed E-state index contributed by atoms with van der Waals surface area (Å²) in [6.07, 6.45) is 0. The molecule has 0 aliphatic rings. The quantitative estimate of drug-likeness (QED) is 0.794. The fourth-order valence-corrected chi connectivity index (χ4v) is 2.26. The first-order valence-corrected chi connectivity index (χ1v) is 6.78. The molecule has 3 aromatic rings. The molecule has 108 valence electrons. The Kier molecular flexibility index (Phi) is 3.33. The van der Waals surface area contributed by atoms with Gasteiger partial charge in [0.2, 0.25) is 5.88 Å². The zero-order valence-electron chi connectivity index (χ0n) is 12.1. The van der Waals surface area contributed by atoms with E-state index in [1.807, 2.05) is 6.07 Å². The van der Waals surface area contributed by atoms with Gasteiger partial charge in [0, 0.05) is 28.2 Å². The molecule has 2 heterocycles. The van der Waals surface area contributed by atoms with Crippen molar-refractivity contribution in [1.29, 1.82) is 0 Å². The maximum Gasteiger partial charge on any atom is 0.233 e. The minimum atomic E-state index is -0.309. The van der Waals surface area contributed by atoms with Crippen molar-refractivity contribution in [2.45, 2.75) is 19.8 Å². The molecule has 5 heteroatoms. The SMILES string of the molecule is COc1ccc(-c2cc3[nH]c(C(C)C)cc3cc2F)nn1. The lowest BCUT2D eigenvalue weighted by Crippen LogP contribution is -1.94. The summed E-state index contributed by atoms with van der Waals surface area (Å²) >= 11 is 0. The monoisotopic (exact) mass is 285 g/mol. The number of hydrogen-bond acceptors (Lipinski definition) is 3. The summed E-state index contributed by atoms with van der Waals surface area (Å²) < 4.78 is 19.2. The molecule has 0 bridgehead atoms. The van der Waals surface area contributed by atoms with Crippen molar-refractivity contribution in [3.8, 4) is 17.1 Å². The van der Waals surface area contributed by atoms with Crippen molar-refractivity contribution in [2.75, 3.05) is 7.11 Å². The standard InChI is InChI=1S/C16H16FN3O/c1-9(2)14-7-10-6-12(17)11(8-15(10)18-14)13-4-5-16(21-3)20-19-13/h4-9,18H,1-3H3. The Labute approximate surface area is 122 Å². The van der Waals surface area contributed by atoms with Crippen molar-refractivity contribution < 1.29 is 9.13 Å². The summed E-state index contributed by atoms with van der Waals surface area (Å²) in [6, 6.07) is 8.64. The number of methoxy groups -OCH3 is 1. The van der Waals surface area contributed by atoms with Crippen LogP contribution in [0, 0.1) is 5.82 Å². The van der Waals surface area contributed by atoms with Gasteiger partial charge < -0.3 is 9.72 Å². The summed E-state index contributed by atoms with van der Waals surface area (Å²) in [4.78, 5) is 3.32. The van der Waals surface area contributed by atoms with E-state index in [0.717, 1.165) is 16.6 Å². The van der Waals surface area contributed by atoms with Gasteiger partial charge in [-0.2, -0.15) is 0 Å². The number of benzene rings is 1. The summed E-state index contributed by atoms with van der Waals surface area (Å²) in [5.74, 6) is 0.461. The van der Waals surface area contributed by atoms with E-state index in [1.54, 1.807) is 18.2 Å². The van der Waals surface area contributed by atoms with Gasteiger partial charge in [-0.15, -0.1) is 10.2 Å². The van der Waals surface area contributed by atoms with Crippen LogP contribution in [0.3, 0.4) is 0 Å². The molecule has 0 saturated heterocycles. The van der Waals surface area contributed by atoms with Crippen molar-refractivity contribution >= 4 is 10.9 Å². The smallest absolute Gasteiger partial charge is 0.233 e. The van der Waals surface area contributed by atoms with Crippen LogP contribution in [0.4, 0.5) is 4.39 Å². The lowest BCUT2D eigenvalue weighted by atomic mass is 10.1. The summed E-state index contributed by atoms with van der Waals surface area (Å²) in [7, 11) is 1.52. The Morgan fingerprint density at radius 2 is 1.95 bits per heavy atom. The third-order valence-electron chi connectivity index (χ3n) is 3.48. The Morgan fingerprint density at radius 3 is 2.57 bits per heavy atom. The molecular formula is C16H16FN3O. The summed E-state index contributed by atoms with van der Waals surface area (Å²) in [5, 5.41) is 8.74. The van der Waals surface area contributed by atoms with E-state index in [1.165, 1.54) is 13.2 Å². The van der Waals surface area contributed by atoms with E-state index in [9.17, 15) is 4.39 Å². The number of aromatic amines is 1. The molecule has 2 aromatic heterocycles. The number of hydrogen-bond donors (Lipinski definition) is 1. The van der Waals surface area contributed by atoms with Crippen molar-refractivity contribution in [3.63, 3.8) is 0 Å². The Morgan fingerprint density at radius 1 is 1.14 bits per heavy atom. The van der Waals surface area contributed by atoms with Crippen molar-refractivity contribution in [3.05, 3.63) is 41.8 Å². The molecule has 3 rings (SSSR count). The molecule has 0 amide bonds. The summed E-state index contributed by atoms with van der Waals surface area (Å²) in [5.41, 5.74) is 2.89. The van der Waals surface area contributed by atoms with Crippen LogP contribution < -0.4 is 4.74 Å². The molecule has 4 nitrogen and oxygen atoms in total. The average molecular weight is 285 g/mol. The predicted octanol–water partition coefficient (Wildman–Crippen LogP) is 3.90. The van der Waals surface area contributed by atoms with Gasteiger partial charge in [0.1, 0.15) is 5.82 Å². The predicted molar refractivity (Wildman–Crippen MR) is 79.9 cm³/mol. The van der Waals surface area contributed by atoms with E-state index < -0.39 is 0 Å². The van der Waals surface area contributed by atoms with E-state index in [4.69, 9.17) is 4.74 Å². The first kappa shape index (κ1) is 13.5. The number of nitrogens with one attached hydrogen (secondary N) is 1. The minimum Gasteiger partial charge on any atom is -0.480 e. The number of fused-ring (bicyclic) bond motifs is 1. The van der Waals surface area contributed by atoms with Gasteiger partial charge in [-0.05, 0) is 30.2 Å². The van der Waals surface area contributed by atoms with Gasteiger partial charge >= 0.3 is 0 Å². The van der Waals surface area contributed by atoms with Crippen LogP contribution in [0.5, 0.6) is 5.88 Å². The number of rotatable bonds is 3. The second-order valence-corrected chi connectivity index (χ2v) is 5.26. The average Bonchev–Trinajstić information content (AvgIpc) is 2.89. The molecule has 0 saturated carbocycles. The highest BCUT2D eigenvalue weighted by molar-refractivity contribution is 5.85. The molecule has 0 aliphatic heterocycles. The van der Waals surface area contributed by atoms with Crippen LogP contribution in [-0.4, -0.2) is 22.3 Å². The van der Waals surface area contributed by atoms with Crippen LogP contribution in [0.2, 0.25) is 0 Å². The molecular weight excluding hydrogens is 269 g/mol. The molecule has 1 N–H and O–H groups in total. The molecule has 0 atom stereocenters. The van der Waals surface area contributed by atoms with Crippen LogP contribution in [0.25, 0.3) is 22.2 Å². The molecule has 21 heavy (non-hydrogen) atoms. The molecule has 0 spiro atoms. The van der Waals surface area contributed by atoms with Crippen LogP contribution >= 0.6 is 0 Å². The maximum absolute atomic E-state index is 14.3. The first-order valence-electron chi connectivity index (χ1n) is 6.78. The van der Waals surface area contributed by atoms with Gasteiger partial charge in [-0.3, -0.25) is 0 Å². The van der Waals surface area contributed by atoms with E-state index in [-0.39, 0.29) is 5.82 Å². The highest BCUT2D eigenvalue weighted by atomic mass is 19.1. The Hall–Kier alpha value is -2.43. The first-order chi connectivity index (χ1) is 10.1. The minimum absolute atomic E-state index is 0.309. The lowest BCUT2D eigenvalue weighted by molar-refractivity contribution is 0.392. The van der Waals surface area contributed by atoms with Crippen LogP contribution in [-0.2, 0) is 0 Å². The van der Waals surface area contributed by atoms with Gasteiger partial charge in [-0.1, -0.05) is 13.8 Å². The van der Waals surface area contributed by atoms with Crippen LogP contribution in [0.1, 0.15) is 25.5 Å². The Bertz CT molecular complexity index is 778. The molecule has 0 fully saturated rings. The van der Waals surface area contributed by atoms with Crippen molar-refractivity contribution in [2.24, 2.45) is 0 Å². The maximum atomic E-state index is 14.3. The molecule has 0 aliphatic carbocycles. The zero-order chi connectivity index (χ0) is 15.0. The second-order valence-electron chi connectivity index (χ2n) is 5.26. The van der Waals surface area contributed by atoms with Gasteiger partial charge in [-0.25, -0.2) is 4.39 Å².